The highest BCUT2D eigenvalue weighted by Gasteiger charge is 2.55. The molecule has 2 N–H and O–H groups in total. The van der Waals surface area contributed by atoms with E-state index in [1.54, 1.807) is 0 Å². The SMILES string of the molecule is CCC(C)(C)C1CCC(NC(=O)CN2C(=O)N[C@@]3(CCCC[C@H]3C)C2=O)CC1. The van der Waals surface area contributed by atoms with Crippen LogP contribution < -0.4 is 10.6 Å². The fraction of sp³-hybridized carbons (Fsp3) is 0.864. The van der Waals surface area contributed by atoms with Gasteiger partial charge in [-0.25, -0.2) is 4.79 Å². The minimum absolute atomic E-state index is 0.114. The lowest BCUT2D eigenvalue weighted by atomic mass is 9.69. The molecule has 158 valence electrons. The van der Waals surface area contributed by atoms with Gasteiger partial charge in [0.1, 0.15) is 12.1 Å². The van der Waals surface area contributed by atoms with Crippen LogP contribution in [0.15, 0.2) is 0 Å². The lowest BCUT2D eigenvalue weighted by Crippen LogP contribution is -2.54. The molecule has 2 atom stereocenters. The fourth-order valence-electron chi connectivity index (χ4n) is 5.36. The number of carbonyl (C=O) groups excluding carboxylic acids is 3. The predicted molar refractivity (Wildman–Crippen MR) is 109 cm³/mol. The molecule has 1 saturated heterocycles. The maximum Gasteiger partial charge on any atom is 0.325 e. The summed E-state index contributed by atoms with van der Waals surface area (Å²) < 4.78 is 0. The van der Waals surface area contributed by atoms with Gasteiger partial charge in [-0.05, 0) is 55.8 Å². The molecule has 1 heterocycles. The van der Waals surface area contributed by atoms with Gasteiger partial charge in [-0.2, -0.15) is 0 Å². The van der Waals surface area contributed by atoms with Crippen molar-refractivity contribution < 1.29 is 14.4 Å². The third-order valence-corrected chi connectivity index (χ3v) is 7.91. The second-order valence-electron chi connectivity index (χ2n) is 9.90. The van der Waals surface area contributed by atoms with E-state index in [1.807, 2.05) is 6.92 Å². The second kappa shape index (κ2) is 8.03. The van der Waals surface area contributed by atoms with E-state index in [0.717, 1.165) is 49.8 Å². The summed E-state index contributed by atoms with van der Waals surface area (Å²) in [6.07, 6.45) is 8.99. The Hall–Kier alpha value is -1.59. The molecular weight excluding hydrogens is 354 g/mol. The van der Waals surface area contributed by atoms with Gasteiger partial charge in [-0.1, -0.05) is 47.0 Å². The van der Waals surface area contributed by atoms with E-state index in [-0.39, 0.29) is 30.3 Å². The van der Waals surface area contributed by atoms with E-state index in [4.69, 9.17) is 0 Å². The molecule has 3 rings (SSSR count). The summed E-state index contributed by atoms with van der Waals surface area (Å²) in [4.78, 5) is 39.1. The van der Waals surface area contributed by atoms with Crippen molar-refractivity contribution in [3.8, 4) is 0 Å². The average molecular weight is 392 g/mol. The Morgan fingerprint density at radius 1 is 1.18 bits per heavy atom. The lowest BCUT2D eigenvalue weighted by Gasteiger charge is -2.39. The monoisotopic (exact) mass is 391 g/mol. The first-order valence-electron chi connectivity index (χ1n) is 11.1. The molecule has 2 saturated carbocycles. The smallest absolute Gasteiger partial charge is 0.325 e. The lowest BCUT2D eigenvalue weighted by molar-refractivity contribution is -0.137. The molecule has 0 radical (unpaired) electrons. The number of imide groups is 1. The highest BCUT2D eigenvalue weighted by Crippen LogP contribution is 2.40. The number of amides is 4. The number of nitrogens with zero attached hydrogens (tertiary/aromatic N) is 1. The Morgan fingerprint density at radius 2 is 1.86 bits per heavy atom. The zero-order valence-electron chi connectivity index (χ0n) is 18.0. The number of rotatable bonds is 5. The van der Waals surface area contributed by atoms with Gasteiger partial charge in [0.25, 0.3) is 5.91 Å². The average Bonchev–Trinajstić information content (AvgIpc) is 2.89. The first-order chi connectivity index (χ1) is 13.2. The Balaban J connectivity index is 1.53. The van der Waals surface area contributed by atoms with Gasteiger partial charge in [-0.3, -0.25) is 14.5 Å². The molecule has 28 heavy (non-hydrogen) atoms. The van der Waals surface area contributed by atoms with Gasteiger partial charge in [0.2, 0.25) is 5.91 Å². The zero-order chi connectivity index (χ0) is 20.5. The summed E-state index contributed by atoms with van der Waals surface area (Å²) in [5.41, 5.74) is -0.445. The number of hydrogen-bond donors (Lipinski definition) is 2. The summed E-state index contributed by atoms with van der Waals surface area (Å²) >= 11 is 0. The van der Waals surface area contributed by atoms with Crippen molar-refractivity contribution in [2.24, 2.45) is 17.3 Å². The van der Waals surface area contributed by atoms with Crippen LogP contribution in [-0.2, 0) is 9.59 Å². The molecule has 0 unspecified atom stereocenters. The molecule has 6 nitrogen and oxygen atoms in total. The van der Waals surface area contributed by atoms with Crippen LogP contribution in [0.4, 0.5) is 4.79 Å². The van der Waals surface area contributed by atoms with Crippen LogP contribution in [0.3, 0.4) is 0 Å². The molecule has 1 aliphatic heterocycles. The third-order valence-electron chi connectivity index (χ3n) is 7.91. The maximum atomic E-state index is 13.0. The molecule has 3 fully saturated rings. The summed E-state index contributed by atoms with van der Waals surface area (Å²) in [6.45, 7) is 8.76. The van der Waals surface area contributed by atoms with E-state index >= 15 is 0 Å². The summed E-state index contributed by atoms with van der Waals surface area (Å²) in [6, 6.07) is -0.262. The number of nitrogens with one attached hydrogen (secondary N) is 2. The molecule has 0 aromatic heterocycles. The summed E-state index contributed by atoms with van der Waals surface area (Å²) in [5, 5.41) is 5.98. The molecule has 6 heteroatoms. The van der Waals surface area contributed by atoms with Gasteiger partial charge in [0, 0.05) is 6.04 Å². The number of urea groups is 1. The minimum Gasteiger partial charge on any atom is -0.352 e. The van der Waals surface area contributed by atoms with Gasteiger partial charge in [0.05, 0.1) is 0 Å². The van der Waals surface area contributed by atoms with Crippen molar-refractivity contribution in [3.05, 3.63) is 0 Å². The third kappa shape index (κ3) is 3.92. The van der Waals surface area contributed by atoms with Crippen molar-refractivity contribution in [2.75, 3.05) is 6.54 Å². The highest BCUT2D eigenvalue weighted by atomic mass is 16.2. The van der Waals surface area contributed by atoms with Crippen molar-refractivity contribution in [1.82, 2.24) is 15.5 Å². The molecule has 0 bridgehead atoms. The standard InChI is InChI=1S/C22H37N3O3/c1-5-21(3,4)16-9-11-17(12-10-16)23-18(26)14-25-19(27)22(24-20(25)28)13-7-6-8-15(22)2/h15-17H,5-14H2,1-4H3,(H,23,26)(H,24,28)/t15-,16?,17?,22-/m1/s1. The Labute approximate surface area is 169 Å². The van der Waals surface area contributed by atoms with Gasteiger partial charge >= 0.3 is 6.03 Å². The Bertz CT molecular complexity index is 625. The van der Waals surface area contributed by atoms with Crippen molar-refractivity contribution in [2.45, 2.75) is 97.1 Å². The van der Waals surface area contributed by atoms with Gasteiger partial charge in [0.15, 0.2) is 0 Å². The van der Waals surface area contributed by atoms with E-state index in [1.165, 1.54) is 6.42 Å². The van der Waals surface area contributed by atoms with Crippen LogP contribution in [-0.4, -0.2) is 40.9 Å². The molecule has 0 aromatic rings. The molecule has 3 aliphatic rings. The van der Waals surface area contributed by atoms with Crippen LogP contribution in [0.5, 0.6) is 0 Å². The first kappa shape index (κ1) is 21.1. The number of carbonyl (C=O) groups is 3. The first-order valence-corrected chi connectivity index (χ1v) is 11.1. The topological polar surface area (TPSA) is 78.5 Å². The van der Waals surface area contributed by atoms with Gasteiger partial charge < -0.3 is 10.6 Å². The summed E-state index contributed by atoms with van der Waals surface area (Å²) in [7, 11) is 0. The van der Waals surface area contributed by atoms with Crippen LogP contribution in [0.1, 0.15) is 85.5 Å². The van der Waals surface area contributed by atoms with E-state index in [0.29, 0.717) is 17.8 Å². The van der Waals surface area contributed by atoms with Crippen molar-refractivity contribution in [3.63, 3.8) is 0 Å². The minimum atomic E-state index is -0.792. The van der Waals surface area contributed by atoms with Gasteiger partial charge in [-0.15, -0.1) is 0 Å². The second-order valence-corrected chi connectivity index (χ2v) is 9.90. The van der Waals surface area contributed by atoms with Crippen molar-refractivity contribution >= 4 is 17.8 Å². The van der Waals surface area contributed by atoms with E-state index in [9.17, 15) is 14.4 Å². The Kier molecular flexibility index (Phi) is 6.06. The fourth-order valence-corrected chi connectivity index (χ4v) is 5.36. The quantitative estimate of drug-likeness (QED) is 0.703. The molecule has 2 aliphatic carbocycles. The summed E-state index contributed by atoms with van der Waals surface area (Å²) in [5.74, 6) is 0.377. The van der Waals surface area contributed by atoms with Crippen LogP contribution in [0.25, 0.3) is 0 Å². The van der Waals surface area contributed by atoms with Crippen LogP contribution in [0, 0.1) is 17.3 Å². The highest BCUT2D eigenvalue weighted by molar-refractivity contribution is 6.09. The van der Waals surface area contributed by atoms with Crippen LogP contribution in [0.2, 0.25) is 0 Å². The Morgan fingerprint density at radius 3 is 2.46 bits per heavy atom. The molecule has 1 spiro atoms. The van der Waals surface area contributed by atoms with Crippen LogP contribution >= 0.6 is 0 Å². The molecule has 0 aromatic carbocycles. The largest absolute Gasteiger partial charge is 0.352 e. The predicted octanol–water partition coefficient (Wildman–Crippen LogP) is 3.60. The normalized spacial score (nSPS) is 33.9. The van der Waals surface area contributed by atoms with E-state index < -0.39 is 11.6 Å². The molecular formula is C22H37N3O3. The molecule has 4 amide bonds. The number of hydrogen-bond acceptors (Lipinski definition) is 3. The van der Waals surface area contributed by atoms with Crippen molar-refractivity contribution in [1.29, 1.82) is 0 Å². The maximum absolute atomic E-state index is 13.0. The van der Waals surface area contributed by atoms with E-state index in [2.05, 4.69) is 31.4 Å². The zero-order valence-corrected chi connectivity index (χ0v) is 18.0.